The standard InChI is InChI=1S/C16H13F3N2O3/c1-9(12-8-10(16(17,18)19)6-7-14(12)23)20-21-15(24)11-4-2-3-5-13(11)22/h2-8,22-23H,1H3,(H,21,24)/b20-9+. The summed E-state index contributed by atoms with van der Waals surface area (Å²) in [5, 5.41) is 22.9. The fourth-order valence-electron chi connectivity index (χ4n) is 1.92. The summed E-state index contributed by atoms with van der Waals surface area (Å²) in [5.41, 5.74) is 0.943. The number of phenolic OH excluding ortho intramolecular Hbond substituents is 2. The molecule has 0 aliphatic heterocycles. The third-order valence-corrected chi connectivity index (χ3v) is 3.19. The van der Waals surface area contributed by atoms with Crippen molar-refractivity contribution in [2.75, 3.05) is 0 Å². The van der Waals surface area contributed by atoms with Crippen LogP contribution in [-0.2, 0) is 6.18 Å². The predicted molar refractivity (Wildman–Crippen MR) is 80.9 cm³/mol. The Hall–Kier alpha value is -3.03. The summed E-state index contributed by atoms with van der Waals surface area (Å²) >= 11 is 0. The number of aromatic hydroxyl groups is 2. The minimum Gasteiger partial charge on any atom is -0.507 e. The zero-order valence-corrected chi connectivity index (χ0v) is 12.4. The normalized spacial score (nSPS) is 12.1. The van der Waals surface area contributed by atoms with E-state index in [0.717, 1.165) is 18.2 Å². The van der Waals surface area contributed by atoms with Crippen molar-refractivity contribution in [1.82, 2.24) is 5.43 Å². The number of hydrazone groups is 1. The highest BCUT2D eigenvalue weighted by Crippen LogP contribution is 2.32. The summed E-state index contributed by atoms with van der Waals surface area (Å²) in [7, 11) is 0. The van der Waals surface area contributed by atoms with Crippen molar-refractivity contribution in [2.24, 2.45) is 5.10 Å². The van der Waals surface area contributed by atoms with Crippen LogP contribution in [0.5, 0.6) is 11.5 Å². The monoisotopic (exact) mass is 338 g/mol. The highest BCUT2D eigenvalue weighted by molar-refractivity contribution is 6.03. The lowest BCUT2D eigenvalue weighted by Gasteiger charge is -2.10. The highest BCUT2D eigenvalue weighted by Gasteiger charge is 2.31. The largest absolute Gasteiger partial charge is 0.507 e. The summed E-state index contributed by atoms with van der Waals surface area (Å²) in [6.07, 6.45) is -4.57. The number of para-hydroxylation sites is 1. The number of carbonyl (C=O) groups excluding carboxylic acids is 1. The van der Waals surface area contributed by atoms with Crippen LogP contribution in [0, 0.1) is 0 Å². The molecule has 5 nitrogen and oxygen atoms in total. The van der Waals surface area contributed by atoms with E-state index in [-0.39, 0.29) is 22.6 Å². The maximum absolute atomic E-state index is 12.7. The lowest BCUT2D eigenvalue weighted by molar-refractivity contribution is -0.137. The van der Waals surface area contributed by atoms with Gasteiger partial charge in [0, 0.05) is 5.56 Å². The predicted octanol–water partition coefficient (Wildman–Crippen LogP) is 3.27. The van der Waals surface area contributed by atoms with Crippen LogP contribution in [0.2, 0.25) is 0 Å². The van der Waals surface area contributed by atoms with Crippen molar-refractivity contribution < 1.29 is 28.2 Å². The smallest absolute Gasteiger partial charge is 0.416 e. The van der Waals surface area contributed by atoms with E-state index in [0.29, 0.717) is 0 Å². The van der Waals surface area contributed by atoms with E-state index < -0.39 is 23.4 Å². The Balaban J connectivity index is 2.25. The maximum Gasteiger partial charge on any atom is 0.416 e. The van der Waals surface area contributed by atoms with Gasteiger partial charge in [0.05, 0.1) is 16.8 Å². The molecule has 0 saturated carbocycles. The van der Waals surface area contributed by atoms with Gasteiger partial charge in [0.1, 0.15) is 11.5 Å². The molecular formula is C16H13F3N2O3. The van der Waals surface area contributed by atoms with E-state index in [2.05, 4.69) is 10.5 Å². The third-order valence-electron chi connectivity index (χ3n) is 3.19. The first-order chi connectivity index (χ1) is 11.2. The molecule has 0 spiro atoms. The molecular weight excluding hydrogens is 325 g/mol. The Morgan fingerprint density at radius 1 is 1.04 bits per heavy atom. The molecule has 0 aliphatic rings. The van der Waals surface area contributed by atoms with Gasteiger partial charge >= 0.3 is 6.18 Å². The van der Waals surface area contributed by atoms with E-state index in [1.54, 1.807) is 0 Å². The highest BCUT2D eigenvalue weighted by atomic mass is 19.4. The van der Waals surface area contributed by atoms with Gasteiger partial charge in [-0.2, -0.15) is 18.3 Å². The zero-order valence-electron chi connectivity index (χ0n) is 12.4. The number of hydrogen-bond donors (Lipinski definition) is 3. The number of carbonyl (C=O) groups is 1. The summed E-state index contributed by atoms with van der Waals surface area (Å²) in [4.78, 5) is 11.9. The van der Waals surface area contributed by atoms with Crippen LogP contribution >= 0.6 is 0 Å². The van der Waals surface area contributed by atoms with Gasteiger partial charge in [-0.1, -0.05) is 12.1 Å². The summed E-state index contributed by atoms with van der Waals surface area (Å²) < 4.78 is 38.2. The number of hydrogen-bond acceptors (Lipinski definition) is 4. The van der Waals surface area contributed by atoms with Crippen LogP contribution in [-0.4, -0.2) is 21.8 Å². The molecule has 0 aliphatic carbocycles. The number of amides is 1. The minimum atomic E-state index is -4.57. The van der Waals surface area contributed by atoms with E-state index >= 15 is 0 Å². The molecule has 0 aromatic heterocycles. The molecule has 0 heterocycles. The Bertz CT molecular complexity index is 801. The molecule has 2 aromatic carbocycles. The molecule has 24 heavy (non-hydrogen) atoms. The van der Waals surface area contributed by atoms with Crippen LogP contribution in [0.15, 0.2) is 47.6 Å². The van der Waals surface area contributed by atoms with Crippen molar-refractivity contribution in [3.8, 4) is 11.5 Å². The summed E-state index contributed by atoms with van der Waals surface area (Å²) in [6.45, 7) is 1.33. The molecule has 0 bridgehead atoms. The van der Waals surface area contributed by atoms with Gasteiger partial charge in [-0.25, -0.2) is 5.43 Å². The van der Waals surface area contributed by atoms with Gasteiger partial charge in [-0.05, 0) is 37.3 Å². The lowest BCUT2D eigenvalue weighted by Crippen LogP contribution is -2.19. The maximum atomic E-state index is 12.7. The number of halogens is 3. The average molecular weight is 338 g/mol. The van der Waals surface area contributed by atoms with Gasteiger partial charge in [0.15, 0.2) is 0 Å². The van der Waals surface area contributed by atoms with Crippen LogP contribution < -0.4 is 5.43 Å². The molecule has 0 radical (unpaired) electrons. The zero-order chi connectivity index (χ0) is 17.9. The number of nitrogens with zero attached hydrogens (tertiary/aromatic N) is 1. The molecule has 0 saturated heterocycles. The molecule has 0 fully saturated rings. The number of alkyl halides is 3. The van der Waals surface area contributed by atoms with Gasteiger partial charge in [0.2, 0.25) is 0 Å². The number of phenols is 2. The molecule has 2 aromatic rings. The molecule has 126 valence electrons. The van der Waals surface area contributed by atoms with Crippen LogP contribution in [0.25, 0.3) is 0 Å². The molecule has 2 rings (SSSR count). The van der Waals surface area contributed by atoms with Crippen molar-refractivity contribution in [1.29, 1.82) is 0 Å². The molecule has 8 heteroatoms. The third kappa shape index (κ3) is 3.83. The number of nitrogens with one attached hydrogen (secondary N) is 1. The van der Waals surface area contributed by atoms with Crippen LogP contribution in [0.4, 0.5) is 13.2 Å². The van der Waals surface area contributed by atoms with Gasteiger partial charge in [-0.15, -0.1) is 0 Å². The second kappa shape index (κ2) is 6.61. The van der Waals surface area contributed by atoms with Gasteiger partial charge in [0.25, 0.3) is 5.91 Å². The SMILES string of the molecule is C/C(=N\NC(=O)c1ccccc1O)c1cc(C(F)(F)F)ccc1O. The summed E-state index contributed by atoms with van der Waals surface area (Å²) in [6, 6.07) is 8.11. The van der Waals surface area contributed by atoms with Crippen LogP contribution in [0.3, 0.4) is 0 Å². The Morgan fingerprint density at radius 3 is 2.29 bits per heavy atom. The summed E-state index contributed by atoms with van der Waals surface area (Å²) in [5.74, 6) is -1.40. The van der Waals surface area contributed by atoms with Crippen molar-refractivity contribution in [3.05, 3.63) is 59.2 Å². The quantitative estimate of drug-likeness (QED) is 0.593. The van der Waals surface area contributed by atoms with E-state index in [9.17, 15) is 28.2 Å². The molecule has 3 N–H and O–H groups in total. The van der Waals surface area contributed by atoms with E-state index in [1.165, 1.54) is 31.2 Å². The Labute approximate surface area is 135 Å². The number of rotatable bonds is 3. The first kappa shape index (κ1) is 17.3. The average Bonchev–Trinajstić information content (AvgIpc) is 2.52. The van der Waals surface area contributed by atoms with Gasteiger partial charge in [-0.3, -0.25) is 4.79 Å². The minimum absolute atomic E-state index is 0.0256. The van der Waals surface area contributed by atoms with Crippen molar-refractivity contribution in [3.63, 3.8) is 0 Å². The Kier molecular flexibility index (Phi) is 4.77. The molecule has 0 unspecified atom stereocenters. The number of benzene rings is 2. The second-order valence-corrected chi connectivity index (χ2v) is 4.88. The van der Waals surface area contributed by atoms with Crippen molar-refractivity contribution in [2.45, 2.75) is 13.1 Å². The molecule has 0 atom stereocenters. The second-order valence-electron chi connectivity index (χ2n) is 4.88. The first-order valence-electron chi connectivity index (χ1n) is 6.73. The fraction of sp³-hybridized carbons (Fsp3) is 0.125. The first-order valence-corrected chi connectivity index (χ1v) is 6.73. The van der Waals surface area contributed by atoms with Crippen LogP contribution in [0.1, 0.15) is 28.4 Å². The van der Waals surface area contributed by atoms with E-state index in [1.807, 2.05) is 0 Å². The molecule has 1 amide bonds. The fourth-order valence-corrected chi connectivity index (χ4v) is 1.92. The van der Waals surface area contributed by atoms with Crippen molar-refractivity contribution >= 4 is 11.6 Å². The Morgan fingerprint density at radius 2 is 1.67 bits per heavy atom. The topological polar surface area (TPSA) is 81.9 Å². The van der Waals surface area contributed by atoms with Gasteiger partial charge < -0.3 is 10.2 Å². The van der Waals surface area contributed by atoms with E-state index in [4.69, 9.17) is 0 Å². The lowest BCUT2D eigenvalue weighted by atomic mass is 10.1.